The molecular formula is C10H9F3OS. The molecule has 0 aromatic heterocycles. The van der Waals surface area contributed by atoms with E-state index in [1.165, 1.54) is 12.1 Å². The summed E-state index contributed by atoms with van der Waals surface area (Å²) in [6.07, 6.45) is 1.39. The summed E-state index contributed by atoms with van der Waals surface area (Å²) >= 11 is -0.141. The first-order valence-corrected chi connectivity index (χ1v) is 5.29. The molecule has 1 aromatic carbocycles. The Hall–Kier alpha value is -0.680. The zero-order chi connectivity index (χ0) is 11.1. The molecule has 0 bridgehead atoms. The zero-order valence-electron chi connectivity index (χ0n) is 7.71. The third kappa shape index (κ3) is 2.66. The lowest BCUT2D eigenvalue weighted by Crippen LogP contribution is -2.04. The molecule has 0 heterocycles. The summed E-state index contributed by atoms with van der Waals surface area (Å²) in [6.45, 7) is 0. The van der Waals surface area contributed by atoms with Crippen molar-refractivity contribution in [1.82, 2.24) is 0 Å². The van der Waals surface area contributed by atoms with Gasteiger partial charge in [0.15, 0.2) is 0 Å². The highest BCUT2D eigenvalue weighted by atomic mass is 32.2. The second kappa shape index (κ2) is 3.42. The van der Waals surface area contributed by atoms with Gasteiger partial charge in [-0.25, -0.2) is 0 Å². The molecule has 0 aliphatic heterocycles. The predicted octanol–water partition coefficient (Wildman–Crippen LogP) is 3.28. The van der Waals surface area contributed by atoms with Gasteiger partial charge >= 0.3 is 5.51 Å². The van der Waals surface area contributed by atoms with Crippen molar-refractivity contribution in [2.24, 2.45) is 0 Å². The molecule has 1 N–H and O–H groups in total. The molecular weight excluding hydrogens is 225 g/mol. The summed E-state index contributed by atoms with van der Waals surface area (Å²) in [5.74, 6) is 0. The maximum Gasteiger partial charge on any atom is 0.446 e. The van der Waals surface area contributed by atoms with Crippen molar-refractivity contribution in [3.05, 3.63) is 29.8 Å². The van der Waals surface area contributed by atoms with Crippen LogP contribution in [-0.4, -0.2) is 10.6 Å². The van der Waals surface area contributed by atoms with E-state index in [0.29, 0.717) is 18.4 Å². The molecule has 0 atom stereocenters. The third-order valence-electron chi connectivity index (χ3n) is 2.35. The van der Waals surface area contributed by atoms with E-state index in [0.717, 1.165) is 0 Å². The van der Waals surface area contributed by atoms with Gasteiger partial charge in [0, 0.05) is 4.90 Å². The summed E-state index contributed by atoms with van der Waals surface area (Å²) in [5.41, 5.74) is -4.33. The highest BCUT2D eigenvalue weighted by Gasteiger charge is 2.42. The van der Waals surface area contributed by atoms with Gasteiger partial charge in [-0.1, -0.05) is 12.1 Å². The lowest BCUT2D eigenvalue weighted by molar-refractivity contribution is -0.0328. The lowest BCUT2D eigenvalue weighted by Gasteiger charge is -2.09. The Morgan fingerprint density at radius 1 is 1.13 bits per heavy atom. The molecule has 1 saturated carbocycles. The Morgan fingerprint density at radius 2 is 1.67 bits per heavy atom. The Labute approximate surface area is 89.3 Å². The number of thioether (sulfide) groups is 1. The van der Waals surface area contributed by atoms with Gasteiger partial charge in [-0.2, -0.15) is 13.2 Å². The highest BCUT2D eigenvalue weighted by Crippen LogP contribution is 2.46. The molecule has 1 nitrogen and oxygen atoms in total. The highest BCUT2D eigenvalue weighted by molar-refractivity contribution is 8.00. The predicted molar refractivity (Wildman–Crippen MR) is 51.5 cm³/mol. The number of alkyl halides is 3. The number of aliphatic hydroxyl groups is 1. The van der Waals surface area contributed by atoms with Crippen molar-refractivity contribution >= 4 is 11.8 Å². The van der Waals surface area contributed by atoms with Gasteiger partial charge in [0.2, 0.25) is 0 Å². The van der Waals surface area contributed by atoms with Crippen LogP contribution < -0.4 is 0 Å². The largest absolute Gasteiger partial charge is 0.446 e. The average molecular weight is 234 g/mol. The Kier molecular flexibility index (Phi) is 2.47. The lowest BCUT2D eigenvalue weighted by atomic mass is 10.1. The van der Waals surface area contributed by atoms with Crippen LogP contribution >= 0.6 is 11.8 Å². The molecule has 0 saturated heterocycles. The van der Waals surface area contributed by atoms with Crippen LogP contribution in [0.5, 0.6) is 0 Å². The van der Waals surface area contributed by atoms with E-state index in [-0.39, 0.29) is 16.7 Å². The second-order valence-corrected chi connectivity index (χ2v) is 4.74. The van der Waals surface area contributed by atoms with Crippen molar-refractivity contribution in [3.63, 3.8) is 0 Å². The molecule has 0 unspecified atom stereocenters. The minimum atomic E-state index is -4.25. The molecule has 1 fully saturated rings. The normalized spacial score (nSPS) is 18.9. The maximum absolute atomic E-state index is 12.0. The zero-order valence-corrected chi connectivity index (χ0v) is 8.53. The van der Waals surface area contributed by atoms with Crippen LogP contribution in [0.15, 0.2) is 29.2 Å². The van der Waals surface area contributed by atoms with E-state index < -0.39 is 11.1 Å². The molecule has 15 heavy (non-hydrogen) atoms. The van der Waals surface area contributed by atoms with Crippen molar-refractivity contribution in [2.75, 3.05) is 0 Å². The SMILES string of the molecule is OC1(c2ccc(SC(F)(F)F)cc2)CC1. The van der Waals surface area contributed by atoms with Crippen molar-refractivity contribution in [1.29, 1.82) is 0 Å². The minimum Gasteiger partial charge on any atom is -0.385 e. The Bertz CT molecular complexity index is 354. The van der Waals surface area contributed by atoms with E-state index in [1.54, 1.807) is 12.1 Å². The quantitative estimate of drug-likeness (QED) is 0.792. The molecule has 0 amide bonds. The van der Waals surface area contributed by atoms with E-state index in [9.17, 15) is 18.3 Å². The fraction of sp³-hybridized carbons (Fsp3) is 0.400. The van der Waals surface area contributed by atoms with Gasteiger partial charge < -0.3 is 5.11 Å². The summed E-state index contributed by atoms with van der Waals surface area (Å²) in [6, 6.07) is 5.90. The van der Waals surface area contributed by atoms with Crippen LogP contribution in [-0.2, 0) is 5.60 Å². The first-order chi connectivity index (χ1) is 6.89. The Morgan fingerprint density at radius 3 is 2.07 bits per heavy atom. The minimum absolute atomic E-state index is 0.141. The van der Waals surface area contributed by atoms with Gasteiger partial charge in [0.25, 0.3) is 0 Å². The van der Waals surface area contributed by atoms with Gasteiger partial charge in [0.05, 0.1) is 5.60 Å². The molecule has 82 valence electrons. The summed E-state index contributed by atoms with van der Waals surface area (Å²) < 4.78 is 36.0. The number of hydrogen-bond donors (Lipinski definition) is 1. The molecule has 1 aliphatic carbocycles. The van der Waals surface area contributed by atoms with E-state index in [1.807, 2.05) is 0 Å². The van der Waals surface area contributed by atoms with Crippen LogP contribution in [0.3, 0.4) is 0 Å². The summed E-state index contributed by atoms with van der Waals surface area (Å²) in [7, 11) is 0. The van der Waals surface area contributed by atoms with Crippen molar-refractivity contribution in [2.45, 2.75) is 28.8 Å². The maximum atomic E-state index is 12.0. The molecule has 1 aliphatic rings. The van der Waals surface area contributed by atoms with Gasteiger partial charge in [-0.15, -0.1) is 0 Å². The van der Waals surface area contributed by atoms with Crippen LogP contribution in [0.2, 0.25) is 0 Å². The smallest absolute Gasteiger partial charge is 0.385 e. The summed E-state index contributed by atoms with van der Waals surface area (Å²) in [4.78, 5) is 0.149. The monoisotopic (exact) mass is 234 g/mol. The van der Waals surface area contributed by atoms with Gasteiger partial charge in [-0.3, -0.25) is 0 Å². The van der Waals surface area contributed by atoms with Crippen molar-refractivity contribution < 1.29 is 18.3 Å². The van der Waals surface area contributed by atoms with Crippen molar-refractivity contribution in [3.8, 4) is 0 Å². The fourth-order valence-corrected chi connectivity index (χ4v) is 1.91. The number of benzene rings is 1. The van der Waals surface area contributed by atoms with Gasteiger partial charge in [0.1, 0.15) is 0 Å². The third-order valence-corrected chi connectivity index (χ3v) is 3.09. The molecule has 0 spiro atoms. The average Bonchev–Trinajstić information content (AvgIpc) is 2.83. The number of rotatable bonds is 2. The summed E-state index contributed by atoms with van der Waals surface area (Å²) in [5, 5.41) is 9.69. The van der Waals surface area contributed by atoms with Crippen LogP contribution in [0.25, 0.3) is 0 Å². The fourth-order valence-electron chi connectivity index (χ4n) is 1.37. The Balaban J connectivity index is 2.11. The van der Waals surface area contributed by atoms with E-state index >= 15 is 0 Å². The second-order valence-electron chi connectivity index (χ2n) is 3.60. The van der Waals surface area contributed by atoms with E-state index in [2.05, 4.69) is 0 Å². The van der Waals surface area contributed by atoms with Gasteiger partial charge in [-0.05, 0) is 42.3 Å². The van der Waals surface area contributed by atoms with E-state index in [4.69, 9.17) is 0 Å². The topological polar surface area (TPSA) is 20.2 Å². The van der Waals surface area contributed by atoms with Crippen LogP contribution in [0.4, 0.5) is 13.2 Å². The standard InChI is InChI=1S/C10H9F3OS/c11-10(12,13)15-8-3-1-7(2-4-8)9(14)5-6-9/h1-4,14H,5-6H2. The van der Waals surface area contributed by atoms with Crippen LogP contribution in [0, 0.1) is 0 Å². The first kappa shape index (κ1) is 10.8. The first-order valence-electron chi connectivity index (χ1n) is 4.48. The number of halogens is 3. The number of hydrogen-bond acceptors (Lipinski definition) is 2. The molecule has 0 radical (unpaired) electrons. The molecule has 1 aromatic rings. The molecule has 5 heteroatoms. The van der Waals surface area contributed by atoms with Crippen LogP contribution in [0.1, 0.15) is 18.4 Å². The molecule has 2 rings (SSSR count).